The molecular weight excluding hydrogens is 258 g/mol. The van der Waals surface area contributed by atoms with Crippen molar-refractivity contribution < 1.29 is 22.6 Å². The van der Waals surface area contributed by atoms with Crippen LogP contribution in [0.3, 0.4) is 0 Å². The lowest BCUT2D eigenvalue weighted by molar-refractivity contribution is 0.0544. The van der Waals surface area contributed by atoms with Gasteiger partial charge in [0.15, 0.2) is 0 Å². The van der Waals surface area contributed by atoms with E-state index in [1.54, 1.807) is 19.2 Å². The van der Waals surface area contributed by atoms with E-state index >= 15 is 0 Å². The standard InChI is InChI=1S/C11H17NO5S/c1-15-5-6-16-7-8-17-10-3-2-4-11(9-10)18(12,13)14/h2-4,9H,5-8H2,1H3,(H2,12,13,14). The van der Waals surface area contributed by atoms with Gasteiger partial charge in [0.2, 0.25) is 10.0 Å². The molecule has 0 atom stereocenters. The van der Waals surface area contributed by atoms with Gasteiger partial charge in [0.1, 0.15) is 12.4 Å². The van der Waals surface area contributed by atoms with E-state index in [9.17, 15) is 8.42 Å². The molecule has 18 heavy (non-hydrogen) atoms. The molecule has 1 aromatic rings. The first-order valence-electron chi connectivity index (χ1n) is 5.36. The molecule has 0 amide bonds. The fourth-order valence-corrected chi connectivity index (χ4v) is 1.75. The monoisotopic (exact) mass is 275 g/mol. The van der Waals surface area contributed by atoms with Crippen LogP contribution in [0.2, 0.25) is 0 Å². The average Bonchev–Trinajstić information content (AvgIpc) is 2.33. The molecule has 7 heteroatoms. The minimum atomic E-state index is -3.70. The fraction of sp³-hybridized carbons (Fsp3) is 0.455. The summed E-state index contributed by atoms with van der Waals surface area (Å²) in [6.45, 7) is 1.76. The Kier molecular flexibility index (Phi) is 6.06. The zero-order valence-corrected chi connectivity index (χ0v) is 11.0. The van der Waals surface area contributed by atoms with E-state index in [1.165, 1.54) is 12.1 Å². The molecule has 0 aliphatic carbocycles. The van der Waals surface area contributed by atoms with E-state index in [0.717, 1.165) is 0 Å². The Morgan fingerprint density at radius 2 is 1.89 bits per heavy atom. The fourth-order valence-electron chi connectivity index (χ4n) is 1.20. The van der Waals surface area contributed by atoms with Gasteiger partial charge in [0.05, 0.1) is 24.7 Å². The number of ether oxygens (including phenoxy) is 3. The summed E-state index contributed by atoms with van der Waals surface area (Å²) in [6.07, 6.45) is 0. The summed E-state index contributed by atoms with van der Waals surface area (Å²) in [4.78, 5) is 0.0281. The second kappa shape index (κ2) is 7.32. The van der Waals surface area contributed by atoms with Gasteiger partial charge in [-0.05, 0) is 12.1 Å². The van der Waals surface area contributed by atoms with Crippen LogP contribution in [0.15, 0.2) is 29.2 Å². The Labute approximate surface area is 107 Å². The number of hydrogen-bond donors (Lipinski definition) is 1. The van der Waals surface area contributed by atoms with Crippen molar-refractivity contribution in [1.29, 1.82) is 0 Å². The third-order valence-corrected chi connectivity index (χ3v) is 2.97. The zero-order valence-electron chi connectivity index (χ0n) is 10.2. The molecule has 1 rings (SSSR count). The molecule has 0 aliphatic heterocycles. The lowest BCUT2D eigenvalue weighted by atomic mass is 10.3. The lowest BCUT2D eigenvalue weighted by Gasteiger charge is -2.07. The maximum atomic E-state index is 11.1. The molecule has 1 aromatic carbocycles. The van der Waals surface area contributed by atoms with Crippen LogP contribution in [-0.4, -0.2) is 42.0 Å². The van der Waals surface area contributed by atoms with Gasteiger partial charge in [-0.2, -0.15) is 0 Å². The summed E-state index contributed by atoms with van der Waals surface area (Å²) in [5.41, 5.74) is 0. The average molecular weight is 275 g/mol. The van der Waals surface area contributed by atoms with Gasteiger partial charge in [-0.25, -0.2) is 13.6 Å². The molecule has 6 nitrogen and oxygen atoms in total. The number of benzene rings is 1. The summed E-state index contributed by atoms with van der Waals surface area (Å²) in [5, 5.41) is 5.01. The highest BCUT2D eigenvalue weighted by Gasteiger charge is 2.08. The van der Waals surface area contributed by atoms with E-state index in [1.807, 2.05) is 0 Å². The molecule has 0 fully saturated rings. The van der Waals surface area contributed by atoms with E-state index in [2.05, 4.69) is 0 Å². The molecule has 0 saturated heterocycles. The molecule has 0 unspecified atom stereocenters. The molecule has 102 valence electrons. The number of hydrogen-bond acceptors (Lipinski definition) is 5. The Hall–Kier alpha value is -1.15. The maximum absolute atomic E-state index is 11.1. The van der Waals surface area contributed by atoms with E-state index in [0.29, 0.717) is 32.2 Å². The summed E-state index contributed by atoms with van der Waals surface area (Å²) >= 11 is 0. The topological polar surface area (TPSA) is 87.8 Å². The van der Waals surface area contributed by atoms with Crippen molar-refractivity contribution in [2.45, 2.75) is 4.90 Å². The smallest absolute Gasteiger partial charge is 0.238 e. The molecule has 0 aliphatic rings. The van der Waals surface area contributed by atoms with Crippen molar-refractivity contribution in [2.75, 3.05) is 33.5 Å². The SMILES string of the molecule is COCCOCCOc1cccc(S(N)(=O)=O)c1. The summed E-state index contributed by atoms with van der Waals surface area (Å²) in [5.74, 6) is 0.442. The molecular formula is C11H17NO5S. The van der Waals surface area contributed by atoms with Crippen molar-refractivity contribution in [3.63, 3.8) is 0 Å². The second-order valence-electron chi connectivity index (χ2n) is 3.47. The number of rotatable bonds is 8. The Morgan fingerprint density at radius 1 is 1.17 bits per heavy atom. The zero-order chi connectivity index (χ0) is 13.4. The largest absolute Gasteiger partial charge is 0.491 e. The van der Waals surface area contributed by atoms with E-state index in [-0.39, 0.29) is 4.90 Å². The first-order chi connectivity index (χ1) is 8.54. The van der Waals surface area contributed by atoms with Crippen LogP contribution in [0.5, 0.6) is 5.75 Å². The molecule has 0 aromatic heterocycles. The maximum Gasteiger partial charge on any atom is 0.238 e. The van der Waals surface area contributed by atoms with Crippen LogP contribution in [0, 0.1) is 0 Å². The number of sulfonamides is 1. The first-order valence-corrected chi connectivity index (χ1v) is 6.91. The van der Waals surface area contributed by atoms with Gasteiger partial charge in [0, 0.05) is 13.2 Å². The van der Waals surface area contributed by atoms with Crippen LogP contribution in [0.1, 0.15) is 0 Å². The normalized spacial score (nSPS) is 11.4. The van der Waals surface area contributed by atoms with Crippen LogP contribution in [0.4, 0.5) is 0 Å². The summed E-state index contributed by atoms with van der Waals surface area (Å²) in [7, 11) is -2.10. The third-order valence-electron chi connectivity index (χ3n) is 2.06. The van der Waals surface area contributed by atoms with Gasteiger partial charge in [-0.15, -0.1) is 0 Å². The lowest BCUT2D eigenvalue weighted by Crippen LogP contribution is -2.13. The van der Waals surface area contributed by atoms with Crippen LogP contribution in [0.25, 0.3) is 0 Å². The van der Waals surface area contributed by atoms with Gasteiger partial charge in [-0.1, -0.05) is 6.07 Å². The van der Waals surface area contributed by atoms with Crippen LogP contribution < -0.4 is 9.88 Å². The van der Waals surface area contributed by atoms with Crippen molar-refractivity contribution in [3.8, 4) is 5.75 Å². The summed E-state index contributed by atoms with van der Waals surface area (Å²) < 4.78 is 37.6. The van der Waals surface area contributed by atoms with Gasteiger partial charge in [0.25, 0.3) is 0 Å². The minimum Gasteiger partial charge on any atom is -0.491 e. The molecule has 0 bridgehead atoms. The number of methoxy groups -OCH3 is 1. The second-order valence-corrected chi connectivity index (χ2v) is 5.03. The van der Waals surface area contributed by atoms with Crippen LogP contribution >= 0.6 is 0 Å². The van der Waals surface area contributed by atoms with Crippen molar-refractivity contribution in [1.82, 2.24) is 0 Å². The first kappa shape index (κ1) is 14.9. The predicted molar refractivity (Wildman–Crippen MR) is 66.0 cm³/mol. The molecule has 0 spiro atoms. The highest BCUT2D eigenvalue weighted by Crippen LogP contribution is 2.16. The van der Waals surface area contributed by atoms with E-state index < -0.39 is 10.0 Å². The van der Waals surface area contributed by atoms with Crippen LogP contribution in [-0.2, 0) is 19.5 Å². The minimum absolute atomic E-state index is 0.0281. The summed E-state index contributed by atoms with van der Waals surface area (Å²) in [6, 6.07) is 6.02. The predicted octanol–water partition coefficient (Wildman–Crippen LogP) is 0.376. The van der Waals surface area contributed by atoms with Gasteiger partial charge >= 0.3 is 0 Å². The van der Waals surface area contributed by atoms with Gasteiger partial charge in [-0.3, -0.25) is 0 Å². The van der Waals surface area contributed by atoms with Crippen molar-refractivity contribution >= 4 is 10.0 Å². The highest BCUT2D eigenvalue weighted by atomic mass is 32.2. The molecule has 0 saturated carbocycles. The number of primary sulfonamides is 1. The third kappa shape index (κ3) is 5.46. The molecule has 2 N–H and O–H groups in total. The Bertz CT molecular complexity index is 460. The van der Waals surface area contributed by atoms with Crippen molar-refractivity contribution in [2.24, 2.45) is 5.14 Å². The highest BCUT2D eigenvalue weighted by molar-refractivity contribution is 7.89. The van der Waals surface area contributed by atoms with Gasteiger partial charge < -0.3 is 14.2 Å². The molecule has 0 radical (unpaired) electrons. The quantitative estimate of drug-likeness (QED) is 0.693. The number of nitrogens with two attached hydrogens (primary N) is 1. The van der Waals surface area contributed by atoms with E-state index in [4.69, 9.17) is 19.3 Å². The Morgan fingerprint density at radius 3 is 2.56 bits per heavy atom. The molecule has 0 heterocycles. The Balaban J connectivity index is 2.39. The van der Waals surface area contributed by atoms with Crippen molar-refractivity contribution in [3.05, 3.63) is 24.3 Å².